The Morgan fingerprint density at radius 3 is 2.58 bits per heavy atom. The van der Waals surface area contributed by atoms with Crippen molar-refractivity contribution in [2.75, 3.05) is 30.8 Å². The summed E-state index contributed by atoms with van der Waals surface area (Å²) in [6.45, 7) is 1.62. The summed E-state index contributed by atoms with van der Waals surface area (Å²) in [6.07, 6.45) is 3.52. The number of furan rings is 1. The van der Waals surface area contributed by atoms with E-state index in [4.69, 9.17) is 9.15 Å². The Hall–Kier alpha value is -4.11. The molecule has 36 heavy (non-hydrogen) atoms. The minimum Gasteiger partial charge on any atom is -0.495 e. The Morgan fingerprint density at radius 2 is 1.83 bits per heavy atom. The molecule has 3 amide bonds. The molecule has 3 aromatic rings. The third-order valence-electron chi connectivity index (χ3n) is 6.10. The highest BCUT2D eigenvalue weighted by atomic mass is 16.5. The van der Waals surface area contributed by atoms with Crippen molar-refractivity contribution in [1.82, 2.24) is 10.2 Å². The SMILES string of the molecule is COc1ccccc1NC(=O)c1ccc(NC(=O)CCN2CCCC2C(=O)NCc2ccco2)cc1. The molecule has 1 aliphatic heterocycles. The fourth-order valence-corrected chi connectivity index (χ4v) is 4.21. The number of para-hydroxylation sites is 2. The number of anilines is 2. The average molecular weight is 491 g/mol. The van der Waals surface area contributed by atoms with Crippen LogP contribution in [0.5, 0.6) is 5.75 Å². The summed E-state index contributed by atoms with van der Waals surface area (Å²) >= 11 is 0. The molecule has 1 aliphatic rings. The Labute approximate surface area is 209 Å². The van der Waals surface area contributed by atoms with Gasteiger partial charge in [0.25, 0.3) is 5.91 Å². The van der Waals surface area contributed by atoms with Crippen molar-refractivity contribution in [3.8, 4) is 5.75 Å². The van der Waals surface area contributed by atoms with Crippen molar-refractivity contribution in [3.05, 3.63) is 78.3 Å². The van der Waals surface area contributed by atoms with Crippen LogP contribution < -0.4 is 20.7 Å². The van der Waals surface area contributed by atoms with E-state index in [1.807, 2.05) is 23.1 Å². The molecule has 1 saturated heterocycles. The first-order chi connectivity index (χ1) is 17.5. The zero-order chi connectivity index (χ0) is 25.3. The first-order valence-corrected chi connectivity index (χ1v) is 11.9. The summed E-state index contributed by atoms with van der Waals surface area (Å²) in [5.74, 6) is 0.803. The van der Waals surface area contributed by atoms with Crippen molar-refractivity contribution < 1.29 is 23.5 Å². The predicted molar refractivity (Wildman–Crippen MR) is 136 cm³/mol. The van der Waals surface area contributed by atoms with E-state index in [0.717, 1.165) is 19.4 Å². The number of methoxy groups -OCH3 is 1. The van der Waals surface area contributed by atoms with Crippen LogP contribution in [-0.2, 0) is 16.1 Å². The number of carbonyl (C=O) groups excluding carboxylic acids is 3. The minimum atomic E-state index is -0.275. The standard InChI is InChI=1S/C27H30N4O5/c1-35-24-9-3-2-7-22(24)30-26(33)19-10-12-20(13-11-19)29-25(32)14-16-31-15-4-8-23(31)27(34)28-18-21-6-5-17-36-21/h2-3,5-7,9-13,17,23H,4,8,14-16,18H2,1H3,(H,28,34)(H,29,32)(H,30,33). The van der Waals surface area contributed by atoms with E-state index in [1.54, 1.807) is 55.8 Å². The normalized spacial score (nSPS) is 15.3. The maximum atomic E-state index is 12.6. The molecule has 1 atom stereocenters. The zero-order valence-corrected chi connectivity index (χ0v) is 20.2. The summed E-state index contributed by atoms with van der Waals surface area (Å²) in [5, 5.41) is 8.59. The highest BCUT2D eigenvalue weighted by Gasteiger charge is 2.30. The van der Waals surface area contributed by atoms with Gasteiger partial charge in [-0.05, 0) is 67.9 Å². The topological polar surface area (TPSA) is 113 Å². The molecule has 9 heteroatoms. The number of likely N-dealkylation sites (tertiary alicyclic amines) is 1. The van der Waals surface area contributed by atoms with Gasteiger partial charge in [0.15, 0.2) is 0 Å². The van der Waals surface area contributed by atoms with Crippen LogP contribution in [0.1, 0.15) is 35.4 Å². The van der Waals surface area contributed by atoms with Crippen molar-refractivity contribution in [2.45, 2.75) is 31.8 Å². The van der Waals surface area contributed by atoms with Crippen LogP contribution >= 0.6 is 0 Å². The van der Waals surface area contributed by atoms with E-state index in [0.29, 0.717) is 41.5 Å². The third-order valence-corrected chi connectivity index (χ3v) is 6.10. The van der Waals surface area contributed by atoms with E-state index in [1.165, 1.54) is 0 Å². The molecule has 1 unspecified atom stereocenters. The first-order valence-electron chi connectivity index (χ1n) is 11.9. The average Bonchev–Trinajstić information content (AvgIpc) is 3.59. The van der Waals surface area contributed by atoms with Gasteiger partial charge in [-0.25, -0.2) is 0 Å². The predicted octanol–water partition coefficient (Wildman–Crippen LogP) is 3.65. The van der Waals surface area contributed by atoms with Crippen LogP contribution in [0.3, 0.4) is 0 Å². The van der Waals surface area contributed by atoms with Crippen molar-refractivity contribution in [1.29, 1.82) is 0 Å². The summed E-state index contributed by atoms with van der Waals surface area (Å²) in [5.41, 5.74) is 1.64. The zero-order valence-electron chi connectivity index (χ0n) is 20.2. The number of amides is 3. The van der Waals surface area contributed by atoms with Gasteiger partial charge in [-0.15, -0.1) is 0 Å². The van der Waals surface area contributed by atoms with E-state index in [2.05, 4.69) is 16.0 Å². The van der Waals surface area contributed by atoms with Gasteiger partial charge in [0.1, 0.15) is 11.5 Å². The lowest BCUT2D eigenvalue weighted by Gasteiger charge is -2.23. The molecular formula is C27H30N4O5. The lowest BCUT2D eigenvalue weighted by atomic mass is 10.1. The second kappa shape index (κ2) is 12.0. The first kappa shape index (κ1) is 25.0. The lowest BCUT2D eigenvalue weighted by molar-refractivity contribution is -0.126. The molecule has 0 spiro atoms. The van der Waals surface area contributed by atoms with E-state index in [9.17, 15) is 14.4 Å². The molecule has 1 aromatic heterocycles. The number of hydrogen-bond donors (Lipinski definition) is 3. The Morgan fingerprint density at radius 1 is 1.03 bits per heavy atom. The number of nitrogens with one attached hydrogen (secondary N) is 3. The van der Waals surface area contributed by atoms with Gasteiger partial charge in [-0.3, -0.25) is 19.3 Å². The highest BCUT2D eigenvalue weighted by molar-refractivity contribution is 6.05. The highest BCUT2D eigenvalue weighted by Crippen LogP contribution is 2.24. The molecule has 0 bridgehead atoms. The van der Waals surface area contributed by atoms with Crippen LogP contribution in [0.4, 0.5) is 11.4 Å². The molecule has 188 valence electrons. The maximum Gasteiger partial charge on any atom is 0.255 e. The summed E-state index contributed by atoms with van der Waals surface area (Å²) < 4.78 is 10.5. The fraction of sp³-hybridized carbons (Fsp3) is 0.296. The van der Waals surface area contributed by atoms with Crippen LogP contribution in [0, 0.1) is 0 Å². The Balaban J connectivity index is 1.24. The second-order valence-electron chi connectivity index (χ2n) is 8.52. The molecule has 2 aromatic carbocycles. The smallest absolute Gasteiger partial charge is 0.255 e. The van der Waals surface area contributed by atoms with Crippen LogP contribution in [0.2, 0.25) is 0 Å². The summed E-state index contributed by atoms with van der Waals surface area (Å²) in [4.78, 5) is 39.7. The van der Waals surface area contributed by atoms with Gasteiger partial charge in [0, 0.05) is 24.2 Å². The van der Waals surface area contributed by atoms with Gasteiger partial charge >= 0.3 is 0 Å². The number of nitrogens with zero attached hydrogens (tertiary/aromatic N) is 1. The number of benzene rings is 2. The molecule has 9 nitrogen and oxygen atoms in total. The monoisotopic (exact) mass is 490 g/mol. The van der Waals surface area contributed by atoms with Crippen molar-refractivity contribution >= 4 is 29.1 Å². The van der Waals surface area contributed by atoms with Gasteiger partial charge in [0.05, 0.1) is 31.6 Å². The largest absolute Gasteiger partial charge is 0.495 e. The Bertz CT molecular complexity index is 1180. The summed E-state index contributed by atoms with van der Waals surface area (Å²) in [6, 6.07) is 17.2. The molecule has 3 N–H and O–H groups in total. The van der Waals surface area contributed by atoms with Gasteiger partial charge in [-0.1, -0.05) is 12.1 Å². The molecular weight excluding hydrogens is 460 g/mol. The second-order valence-corrected chi connectivity index (χ2v) is 8.52. The van der Waals surface area contributed by atoms with E-state index < -0.39 is 0 Å². The van der Waals surface area contributed by atoms with Crippen molar-refractivity contribution in [3.63, 3.8) is 0 Å². The molecule has 2 heterocycles. The van der Waals surface area contributed by atoms with Gasteiger partial charge in [-0.2, -0.15) is 0 Å². The van der Waals surface area contributed by atoms with Crippen molar-refractivity contribution in [2.24, 2.45) is 0 Å². The fourth-order valence-electron chi connectivity index (χ4n) is 4.21. The number of carbonyl (C=O) groups is 3. The molecule has 0 radical (unpaired) electrons. The quantitative estimate of drug-likeness (QED) is 0.400. The number of ether oxygens (including phenoxy) is 1. The Kier molecular flexibility index (Phi) is 8.36. The number of hydrogen-bond acceptors (Lipinski definition) is 6. The molecule has 1 fully saturated rings. The minimum absolute atomic E-state index is 0.0497. The van der Waals surface area contributed by atoms with E-state index >= 15 is 0 Å². The molecule has 0 aliphatic carbocycles. The molecule has 0 saturated carbocycles. The molecule has 4 rings (SSSR count). The van der Waals surface area contributed by atoms with Gasteiger partial charge in [0.2, 0.25) is 11.8 Å². The summed E-state index contributed by atoms with van der Waals surface area (Å²) in [7, 11) is 1.55. The van der Waals surface area contributed by atoms with Crippen LogP contribution in [-0.4, -0.2) is 48.9 Å². The van der Waals surface area contributed by atoms with Crippen LogP contribution in [0.25, 0.3) is 0 Å². The number of rotatable bonds is 10. The van der Waals surface area contributed by atoms with E-state index in [-0.39, 0.29) is 30.2 Å². The third kappa shape index (κ3) is 6.51. The van der Waals surface area contributed by atoms with Gasteiger partial charge < -0.3 is 25.1 Å². The maximum absolute atomic E-state index is 12.6. The lowest BCUT2D eigenvalue weighted by Crippen LogP contribution is -2.43. The van der Waals surface area contributed by atoms with Crippen LogP contribution in [0.15, 0.2) is 71.3 Å².